The fourth-order valence-electron chi connectivity index (χ4n) is 3.66. The largest absolute Gasteiger partial charge is 0.393 e. The second-order valence-corrected chi connectivity index (χ2v) is 7.43. The van der Waals surface area contributed by atoms with E-state index in [0.29, 0.717) is 25.2 Å². The van der Waals surface area contributed by atoms with E-state index in [9.17, 15) is 18.3 Å². The quantitative estimate of drug-likeness (QED) is 0.542. The lowest BCUT2D eigenvalue weighted by Crippen LogP contribution is -2.29. The molecule has 0 amide bonds. The minimum atomic E-state index is -2.38. The summed E-state index contributed by atoms with van der Waals surface area (Å²) in [6, 6.07) is -0.656. The van der Waals surface area contributed by atoms with Crippen LogP contribution in [0.25, 0.3) is 11.2 Å². The van der Waals surface area contributed by atoms with Gasteiger partial charge >= 0.3 is 0 Å². The summed E-state index contributed by atoms with van der Waals surface area (Å²) in [5.41, 5.74) is -0.178. The number of hydrogen-bond donors (Lipinski definition) is 3. The number of benzene rings is 1. The molecule has 0 bridgehead atoms. The van der Waals surface area contributed by atoms with Crippen LogP contribution in [0.3, 0.4) is 0 Å². The van der Waals surface area contributed by atoms with Crippen molar-refractivity contribution in [1.82, 2.24) is 19.5 Å². The monoisotopic (exact) mass is 453 g/mol. The molecule has 1 aliphatic heterocycles. The van der Waals surface area contributed by atoms with Gasteiger partial charge < -0.3 is 20.5 Å². The van der Waals surface area contributed by atoms with E-state index in [1.54, 1.807) is 4.57 Å². The van der Waals surface area contributed by atoms with Crippen molar-refractivity contribution in [2.24, 2.45) is 0 Å². The molecule has 3 aromatic rings. The van der Waals surface area contributed by atoms with E-state index >= 15 is 0 Å². The molecule has 6 unspecified atom stereocenters. The highest BCUT2D eigenvalue weighted by atomic mass is 19.1. The van der Waals surface area contributed by atoms with Gasteiger partial charge in [-0.1, -0.05) is 0 Å². The van der Waals surface area contributed by atoms with Gasteiger partial charge in [-0.25, -0.2) is 23.1 Å². The number of aliphatic hydroxyl groups excluding tert-OH is 1. The summed E-state index contributed by atoms with van der Waals surface area (Å²) in [4.78, 5) is 12.9. The average Bonchev–Trinajstić information content (AvgIpc) is 3.49. The summed E-state index contributed by atoms with van der Waals surface area (Å²) < 4.78 is 89.9. The lowest BCUT2D eigenvalue weighted by atomic mass is 9.93. The van der Waals surface area contributed by atoms with E-state index in [0.717, 1.165) is 0 Å². The minimum Gasteiger partial charge on any atom is -0.393 e. The number of halogens is 3. The molecule has 170 valence electrons. The number of aliphatic hydroxyl groups is 1. The third-order valence-electron chi connectivity index (χ3n) is 5.18. The zero-order valence-corrected chi connectivity index (χ0v) is 16.6. The highest BCUT2D eigenvalue weighted by Crippen LogP contribution is 2.32. The van der Waals surface area contributed by atoms with Gasteiger partial charge in [0, 0.05) is 31.6 Å². The summed E-state index contributed by atoms with van der Waals surface area (Å²) in [6.07, 6.45) is -6.72. The summed E-state index contributed by atoms with van der Waals surface area (Å²) in [5, 5.41) is 15.3. The molecule has 2 aromatic heterocycles. The number of ether oxygens (including phenoxy) is 1. The SMILES string of the molecule is [2H]C1C([2H])C(Nc2ncc3nc(Nc4c(F)cc(F)cc4F)n(C4CCOC4)c3n2)C([2H])([2H])C([2H])C1O. The van der Waals surface area contributed by atoms with E-state index in [1.807, 2.05) is 0 Å². The van der Waals surface area contributed by atoms with Gasteiger partial charge in [-0.2, -0.15) is 4.98 Å². The van der Waals surface area contributed by atoms with Crippen LogP contribution in [0.5, 0.6) is 0 Å². The van der Waals surface area contributed by atoms with Gasteiger partial charge in [-0.15, -0.1) is 0 Å². The van der Waals surface area contributed by atoms with Crippen molar-refractivity contribution in [1.29, 1.82) is 0 Å². The van der Waals surface area contributed by atoms with Gasteiger partial charge in [0.15, 0.2) is 17.3 Å². The fourth-order valence-corrected chi connectivity index (χ4v) is 3.66. The van der Waals surface area contributed by atoms with Gasteiger partial charge in [-0.3, -0.25) is 4.57 Å². The highest BCUT2D eigenvalue weighted by molar-refractivity contribution is 5.76. The fraction of sp³-hybridized carbons (Fsp3) is 0.476. The molecule has 32 heavy (non-hydrogen) atoms. The van der Waals surface area contributed by atoms with Crippen molar-refractivity contribution in [3.63, 3.8) is 0 Å². The number of aromatic nitrogens is 4. The van der Waals surface area contributed by atoms with Crippen LogP contribution in [-0.4, -0.2) is 50.0 Å². The Kier molecular flexibility index (Phi) is 4.22. The number of nitrogens with zero attached hydrogens (tertiary/aromatic N) is 4. The molecule has 1 aliphatic carbocycles. The Balaban J connectivity index is 1.54. The normalized spacial score (nSPS) is 34.3. The van der Waals surface area contributed by atoms with Crippen molar-refractivity contribution < 1.29 is 29.9 Å². The van der Waals surface area contributed by atoms with Crippen LogP contribution in [0.1, 0.15) is 44.9 Å². The van der Waals surface area contributed by atoms with E-state index < -0.39 is 60.8 Å². The number of imidazole rings is 1. The van der Waals surface area contributed by atoms with Gasteiger partial charge in [0.1, 0.15) is 17.0 Å². The first kappa shape index (κ1) is 15.8. The molecule has 1 saturated carbocycles. The van der Waals surface area contributed by atoms with Crippen LogP contribution in [0.15, 0.2) is 18.3 Å². The van der Waals surface area contributed by atoms with Gasteiger partial charge in [-0.05, 0) is 32.0 Å². The van der Waals surface area contributed by atoms with Crippen LogP contribution < -0.4 is 10.6 Å². The zero-order chi connectivity index (χ0) is 26.6. The van der Waals surface area contributed by atoms with Crippen molar-refractivity contribution >= 4 is 28.7 Å². The lowest BCUT2D eigenvalue weighted by Gasteiger charge is -2.26. The first-order valence-electron chi connectivity index (χ1n) is 12.7. The summed E-state index contributed by atoms with van der Waals surface area (Å²) >= 11 is 0. The molecule has 1 aromatic carbocycles. The molecule has 2 aliphatic rings. The van der Waals surface area contributed by atoms with Crippen LogP contribution in [0, 0.1) is 17.5 Å². The van der Waals surface area contributed by atoms with Gasteiger partial charge in [0.25, 0.3) is 0 Å². The molecule has 5 rings (SSSR count). The van der Waals surface area contributed by atoms with Crippen LogP contribution in [0.2, 0.25) is 0 Å². The third-order valence-corrected chi connectivity index (χ3v) is 5.18. The highest BCUT2D eigenvalue weighted by Gasteiger charge is 2.27. The van der Waals surface area contributed by atoms with Crippen LogP contribution in [0.4, 0.5) is 30.8 Å². The number of anilines is 3. The van der Waals surface area contributed by atoms with Crippen molar-refractivity contribution in [2.45, 2.75) is 50.2 Å². The Morgan fingerprint density at radius 3 is 2.72 bits per heavy atom. The maximum atomic E-state index is 14.3. The standard InChI is InChI=1S/C21H23F3N6O2/c22-11-7-15(23)18(16(24)8-11)28-21-27-17-9-25-20(26-12-1-3-14(31)4-2-12)29-19(17)30(21)13-5-6-32-10-13/h7-9,12-14,31H,1-6,10H2,(H,27,28)(H,25,26,29)/i1D,2D2,3D,4D. The Labute approximate surface area is 188 Å². The van der Waals surface area contributed by atoms with E-state index in [4.69, 9.17) is 11.6 Å². The smallest absolute Gasteiger partial charge is 0.224 e. The molecule has 0 spiro atoms. The number of hydrogen-bond acceptors (Lipinski definition) is 7. The molecule has 6 atom stereocenters. The molecular weight excluding hydrogens is 425 g/mol. The Morgan fingerprint density at radius 2 is 1.97 bits per heavy atom. The summed E-state index contributed by atoms with van der Waals surface area (Å²) in [7, 11) is 0. The molecule has 3 N–H and O–H groups in total. The molecule has 1 saturated heterocycles. The van der Waals surface area contributed by atoms with E-state index in [2.05, 4.69) is 25.6 Å². The molecule has 0 radical (unpaired) electrons. The van der Waals surface area contributed by atoms with E-state index in [1.165, 1.54) is 6.20 Å². The van der Waals surface area contributed by atoms with E-state index in [-0.39, 0.29) is 35.7 Å². The van der Waals surface area contributed by atoms with Crippen LogP contribution >= 0.6 is 0 Å². The van der Waals surface area contributed by atoms with Crippen molar-refractivity contribution in [2.75, 3.05) is 23.8 Å². The van der Waals surface area contributed by atoms with Crippen molar-refractivity contribution in [3.8, 4) is 0 Å². The predicted molar refractivity (Wildman–Crippen MR) is 111 cm³/mol. The maximum absolute atomic E-state index is 14.3. The number of nitrogens with one attached hydrogen (secondary N) is 2. The van der Waals surface area contributed by atoms with Crippen LogP contribution in [-0.2, 0) is 4.74 Å². The molecule has 2 fully saturated rings. The Bertz CT molecular complexity index is 1300. The number of rotatable bonds is 5. The summed E-state index contributed by atoms with van der Waals surface area (Å²) in [5.74, 6) is -3.53. The van der Waals surface area contributed by atoms with Crippen molar-refractivity contribution in [3.05, 3.63) is 35.8 Å². The average molecular weight is 453 g/mol. The summed E-state index contributed by atoms with van der Waals surface area (Å²) in [6.45, 7) is 0.667. The van der Waals surface area contributed by atoms with Gasteiger partial charge in [0.05, 0.1) is 24.9 Å². The number of fused-ring (bicyclic) bond motifs is 1. The topological polar surface area (TPSA) is 97.1 Å². The molecule has 11 heteroatoms. The Morgan fingerprint density at radius 1 is 1.16 bits per heavy atom. The van der Waals surface area contributed by atoms with Gasteiger partial charge in [0.2, 0.25) is 11.9 Å². The zero-order valence-electron chi connectivity index (χ0n) is 21.6. The lowest BCUT2D eigenvalue weighted by molar-refractivity contribution is 0.126. The predicted octanol–water partition coefficient (Wildman–Crippen LogP) is 3.66. The molecule has 3 heterocycles. The second kappa shape index (κ2) is 8.55. The first-order valence-corrected chi connectivity index (χ1v) is 9.94. The second-order valence-electron chi connectivity index (χ2n) is 7.43. The minimum absolute atomic E-state index is 0.00621. The third kappa shape index (κ3) is 4.09. The first-order chi connectivity index (χ1) is 17.5. The maximum Gasteiger partial charge on any atom is 0.224 e. The molecular formula is C21H23F3N6O2. The molecule has 8 nitrogen and oxygen atoms in total. The Hall–Kier alpha value is -2.92.